The van der Waals surface area contributed by atoms with Crippen LogP contribution in [0.15, 0.2) is 0 Å². The van der Waals surface area contributed by atoms with Crippen LogP contribution in [0.25, 0.3) is 0 Å². The quantitative estimate of drug-likeness (QED) is 0.257. The molecule has 0 rings (SSSR count). The number of hydrogen-bond acceptors (Lipinski definition) is 3. The molecule has 0 aliphatic rings. The van der Waals surface area contributed by atoms with E-state index in [4.69, 9.17) is 0 Å². The summed E-state index contributed by atoms with van der Waals surface area (Å²) in [5.41, 5.74) is 0. The van der Waals surface area contributed by atoms with Gasteiger partial charge >= 0.3 is 5.97 Å². The van der Waals surface area contributed by atoms with Crippen LogP contribution in [-0.2, 0) is 9.59 Å². The van der Waals surface area contributed by atoms with Gasteiger partial charge in [0.05, 0.1) is 5.92 Å². The van der Waals surface area contributed by atoms with Gasteiger partial charge < -0.3 is 10.4 Å². The molecule has 0 fully saturated rings. The van der Waals surface area contributed by atoms with Crippen LogP contribution in [0.4, 0.5) is 0 Å². The molecule has 0 aliphatic heterocycles. The van der Waals surface area contributed by atoms with E-state index in [1.54, 1.807) is 0 Å². The molecule has 1 atom stereocenters. The van der Waals surface area contributed by atoms with Crippen LogP contribution in [0, 0.1) is 5.92 Å². The standard InChI is InChI=1S/C19H37NO3S/c1-2-3-4-5-6-7-8-9-10-11-13-17(19(22)23)16-18(21)20-14-12-15-24/h17,24H,2-16H2,1H3,(H,20,21)(H,22,23). The van der Waals surface area contributed by atoms with Gasteiger partial charge in [-0.25, -0.2) is 0 Å². The Morgan fingerprint density at radius 3 is 1.96 bits per heavy atom. The van der Waals surface area contributed by atoms with Crippen molar-refractivity contribution in [3.8, 4) is 0 Å². The first-order valence-corrected chi connectivity index (χ1v) is 10.3. The molecule has 5 heteroatoms. The van der Waals surface area contributed by atoms with Gasteiger partial charge in [0.1, 0.15) is 0 Å². The number of nitrogens with one attached hydrogen (secondary N) is 1. The largest absolute Gasteiger partial charge is 0.481 e. The molecule has 2 N–H and O–H groups in total. The van der Waals surface area contributed by atoms with Gasteiger partial charge in [0, 0.05) is 13.0 Å². The van der Waals surface area contributed by atoms with Crippen molar-refractivity contribution >= 4 is 24.5 Å². The smallest absolute Gasteiger partial charge is 0.307 e. The first-order valence-electron chi connectivity index (χ1n) is 9.72. The molecule has 0 saturated carbocycles. The number of aliphatic carboxylic acids is 1. The van der Waals surface area contributed by atoms with Crippen molar-refractivity contribution in [3.05, 3.63) is 0 Å². The Bertz CT molecular complexity index is 324. The molecule has 4 nitrogen and oxygen atoms in total. The zero-order valence-corrected chi connectivity index (χ0v) is 16.3. The number of carboxylic acid groups (broad SMARTS) is 1. The molecule has 0 aromatic heterocycles. The molecule has 1 unspecified atom stereocenters. The van der Waals surface area contributed by atoms with Crippen molar-refractivity contribution in [1.29, 1.82) is 0 Å². The molecule has 142 valence electrons. The van der Waals surface area contributed by atoms with Crippen molar-refractivity contribution < 1.29 is 14.7 Å². The fourth-order valence-corrected chi connectivity index (χ4v) is 2.95. The van der Waals surface area contributed by atoms with Gasteiger partial charge in [-0.1, -0.05) is 71.1 Å². The highest BCUT2D eigenvalue weighted by atomic mass is 32.1. The number of hydrogen-bond donors (Lipinski definition) is 3. The molecule has 0 heterocycles. The zero-order chi connectivity index (χ0) is 18.0. The number of amides is 1. The number of carbonyl (C=O) groups excluding carboxylic acids is 1. The maximum absolute atomic E-state index is 11.7. The minimum atomic E-state index is -0.852. The molecule has 0 radical (unpaired) electrons. The van der Waals surface area contributed by atoms with Crippen molar-refractivity contribution in [2.75, 3.05) is 12.3 Å². The molecule has 0 saturated heterocycles. The highest BCUT2D eigenvalue weighted by Crippen LogP contribution is 2.16. The molecule has 0 spiro atoms. The lowest BCUT2D eigenvalue weighted by atomic mass is 9.96. The van der Waals surface area contributed by atoms with E-state index >= 15 is 0 Å². The van der Waals surface area contributed by atoms with E-state index in [-0.39, 0.29) is 12.3 Å². The van der Waals surface area contributed by atoms with Gasteiger partial charge in [-0.3, -0.25) is 9.59 Å². The van der Waals surface area contributed by atoms with E-state index in [9.17, 15) is 14.7 Å². The van der Waals surface area contributed by atoms with Crippen LogP contribution in [0.1, 0.15) is 90.4 Å². The first-order chi connectivity index (χ1) is 11.6. The van der Waals surface area contributed by atoms with E-state index in [2.05, 4.69) is 24.9 Å². The molecular weight excluding hydrogens is 322 g/mol. The van der Waals surface area contributed by atoms with Crippen LogP contribution in [-0.4, -0.2) is 29.3 Å². The Hall–Kier alpha value is -0.710. The zero-order valence-electron chi connectivity index (χ0n) is 15.4. The Balaban J connectivity index is 3.64. The fourth-order valence-electron chi connectivity index (χ4n) is 2.79. The third-order valence-corrected chi connectivity index (χ3v) is 4.66. The maximum Gasteiger partial charge on any atom is 0.307 e. The van der Waals surface area contributed by atoms with Crippen LogP contribution in [0.2, 0.25) is 0 Å². The van der Waals surface area contributed by atoms with Crippen molar-refractivity contribution in [1.82, 2.24) is 5.32 Å². The Morgan fingerprint density at radius 1 is 0.917 bits per heavy atom. The summed E-state index contributed by atoms with van der Waals surface area (Å²) < 4.78 is 0. The molecule has 0 bridgehead atoms. The number of thiol groups is 1. The Kier molecular flexibility index (Phi) is 16.6. The lowest BCUT2D eigenvalue weighted by Crippen LogP contribution is -2.29. The average Bonchev–Trinajstić information content (AvgIpc) is 2.55. The van der Waals surface area contributed by atoms with Gasteiger partial charge in [0.25, 0.3) is 0 Å². The van der Waals surface area contributed by atoms with Crippen molar-refractivity contribution in [2.24, 2.45) is 5.92 Å². The minimum absolute atomic E-state index is 0.0966. The highest BCUT2D eigenvalue weighted by molar-refractivity contribution is 7.80. The van der Waals surface area contributed by atoms with Gasteiger partial charge in [0.2, 0.25) is 5.91 Å². The van der Waals surface area contributed by atoms with E-state index in [1.165, 1.54) is 51.4 Å². The second-order valence-electron chi connectivity index (χ2n) is 6.64. The summed E-state index contributed by atoms with van der Waals surface area (Å²) in [4.78, 5) is 23.0. The van der Waals surface area contributed by atoms with Crippen LogP contribution < -0.4 is 5.32 Å². The summed E-state index contributed by atoms with van der Waals surface area (Å²) >= 11 is 4.08. The van der Waals surface area contributed by atoms with E-state index in [1.807, 2.05) is 0 Å². The van der Waals surface area contributed by atoms with E-state index in [0.29, 0.717) is 13.0 Å². The summed E-state index contributed by atoms with van der Waals surface area (Å²) in [5.74, 6) is -0.831. The summed E-state index contributed by atoms with van der Waals surface area (Å²) in [7, 11) is 0. The molecule has 0 aromatic carbocycles. The van der Waals surface area contributed by atoms with Gasteiger partial charge in [-0.15, -0.1) is 0 Å². The number of unbranched alkanes of at least 4 members (excludes halogenated alkanes) is 9. The number of rotatable bonds is 17. The van der Waals surface area contributed by atoms with Crippen molar-refractivity contribution in [2.45, 2.75) is 90.4 Å². The SMILES string of the molecule is CCCCCCCCCCCCC(CC(=O)NCCCS)C(=O)O. The van der Waals surface area contributed by atoms with Gasteiger partial charge in [0.15, 0.2) is 0 Å². The summed E-state index contributed by atoms with van der Waals surface area (Å²) in [5, 5.41) is 12.0. The molecule has 1 amide bonds. The minimum Gasteiger partial charge on any atom is -0.481 e. The number of carbonyl (C=O) groups is 2. The van der Waals surface area contributed by atoms with E-state index < -0.39 is 11.9 Å². The lowest BCUT2D eigenvalue weighted by Gasteiger charge is -2.12. The average molecular weight is 360 g/mol. The third kappa shape index (κ3) is 14.9. The summed E-state index contributed by atoms with van der Waals surface area (Å²) in [6.07, 6.45) is 13.8. The fraction of sp³-hybridized carbons (Fsp3) is 0.895. The van der Waals surface area contributed by atoms with Gasteiger partial charge in [-0.2, -0.15) is 12.6 Å². The maximum atomic E-state index is 11.7. The topological polar surface area (TPSA) is 66.4 Å². The summed E-state index contributed by atoms with van der Waals surface area (Å²) in [6, 6.07) is 0. The lowest BCUT2D eigenvalue weighted by molar-refractivity contribution is -0.144. The third-order valence-electron chi connectivity index (χ3n) is 4.34. The van der Waals surface area contributed by atoms with Gasteiger partial charge in [-0.05, 0) is 18.6 Å². The molecule has 24 heavy (non-hydrogen) atoms. The highest BCUT2D eigenvalue weighted by Gasteiger charge is 2.20. The van der Waals surface area contributed by atoms with Crippen LogP contribution in [0.5, 0.6) is 0 Å². The van der Waals surface area contributed by atoms with Crippen molar-refractivity contribution in [3.63, 3.8) is 0 Å². The molecule has 0 aliphatic carbocycles. The van der Waals surface area contributed by atoms with Crippen LogP contribution in [0.3, 0.4) is 0 Å². The molecular formula is C19H37NO3S. The monoisotopic (exact) mass is 359 g/mol. The van der Waals surface area contributed by atoms with Crippen LogP contribution >= 0.6 is 12.6 Å². The first kappa shape index (κ1) is 23.3. The molecule has 0 aromatic rings. The summed E-state index contributed by atoms with van der Waals surface area (Å²) in [6.45, 7) is 2.81. The van der Waals surface area contributed by atoms with E-state index in [0.717, 1.165) is 25.0 Å². The Morgan fingerprint density at radius 2 is 1.46 bits per heavy atom. The predicted molar refractivity (Wildman–Crippen MR) is 104 cm³/mol. The second-order valence-corrected chi connectivity index (χ2v) is 7.08. The predicted octanol–water partition coefficient (Wildman–Crippen LogP) is 4.82. The normalized spacial score (nSPS) is 12.1. The number of carboxylic acids is 1. The second kappa shape index (κ2) is 17.1. The Labute approximate surface area is 153 Å².